The van der Waals surface area contributed by atoms with Gasteiger partial charge in [0.1, 0.15) is 0 Å². The summed E-state index contributed by atoms with van der Waals surface area (Å²) in [5.74, 6) is -6.30. The molecule has 1 fully saturated rings. The van der Waals surface area contributed by atoms with Crippen LogP contribution in [-0.4, -0.2) is 19.3 Å². The molecule has 3 aromatic carbocycles. The fourth-order valence-electron chi connectivity index (χ4n) is 6.42. The predicted octanol–water partition coefficient (Wildman–Crippen LogP) is 9.94. The summed E-state index contributed by atoms with van der Waals surface area (Å²) in [6.07, 6.45) is 7.63. The standard InChI is InChI=1S/C35H36F6O3/c1-3-42-28-17-15-25(31(37)34(28)40)22-7-5-20(6-8-22)21-9-12-24(13-10-21)44-19-23-11-14-26(32(38)30(23)36)27-16-18-29(43-4-2)35(41)33(27)39/h7,11,14-18,20-21,24H,3-6,8-10,12-13,19H2,1-2H3. The number of hydrogen-bond donors (Lipinski definition) is 0. The molecule has 1 atom stereocenters. The quantitative estimate of drug-likeness (QED) is 0.212. The highest BCUT2D eigenvalue weighted by Gasteiger charge is 2.30. The Morgan fingerprint density at radius 3 is 1.70 bits per heavy atom. The fourth-order valence-corrected chi connectivity index (χ4v) is 6.42. The van der Waals surface area contributed by atoms with Gasteiger partial charge in [-0.3, -0.25) is 0 Å². The van der Waals surface area contributed by atoms with E-state index in [1.807, 2.05) is 6.08 Å². The number of allylic oxidation sites excluding steroid dienone is 2. The SMILES string of the molecule is CCOc1ccc(C2=CCC(C3CCC(OCc4ccc(-c5ccc(OCC)c(F)c5F)c(F)c4F)CC3)CC2)c(F)c1F. The second-order valence-electron chi connectivity index (χ2n) is 11.4. The molecule has 2 aliphatic carbocycles. The third-order valence-electron chi connectivity index (χ3n) is 8.80. The lowest BCUT2D eigenvalue weighted by Crippen LogP contribution is -2.27. The van der Waals surface area contributed by atoms with E-state index in [2.05, 4.69) is 0 Å². The van der Waals surface area contributed by atoms with Gasteiger partial charge >= 0.3 is 0 Å². The summed E-state index contributed by atoms with van der Waals surface area (Å²) in [5, 5.41) is 0. The monoisotopic (exact) mass is 618 g/mol. The number of benzene rings is 3. The summed E-state index contributed by atoms with van der Waals surface area (Å²) in [7, 11) is 0. The van der Waals surface area contributed by atoms with Gasteiger partial charge in [0.15, 0.2) is 34.8 Å². The number of hydrogen-bond acceptors (Lipinski definition) is 3. The zero-order valence-corrected chi connectivity index (χ0v) is 24.8. The van der Waals surface area contributed by atoms with E-state index >= 15 is 0 Å². The minimum atomic E-state index is -1.31. The van der Waals surface area contributed by atoms with E-state index in [-0.39, 0.29) is 54.1 Å². The lowest BCUT2D eigenvalue weighted by atomic mass is 9.73. The van der Waals surface area contributed by atoms with Crippen LogP contribution in [0, 0.1) is 46.7 Å². The van der Waals surface area contributed by atoms with Crippen LogP contribution in [0.5, 0.6) is 11.5 Å². The van der Waals surface area contributed by atoms with Gasteiger partial charge in [-0.2, -0.15) is 8.78 Å². The minimum absolute atomic E-state index is 0.00287. The molecule has 0 spiro atoms. The molecule has 0 amide bonds. The Balaban J connectivity index is 1.14. The molecule has 0 saturated heterocycles. The summed E-state index contributed by atoms with van der Waals surface area (Å²) in [6.45, 7) is 3.58. The largest absolute Gasteiger partial charge is 0.491 e. The first kappa shape index (κ1) is 31.9. The summed E-state index contributed by atoms with van der Waals surface area (Å²) in [6, 6.07) is 7.97. The average molecular weight is 619 g/mol. The molecular formula is C35H36F6O3. The molecular weight excluding hydrogens is 582 g/mol. The summed E-state index contributed by atoms with van der Waals surface area (Å²) in [5.41, 5.74) is 0.326. The van der Waals surface area contributed by atoms with Crippen molar-refractivity contribution in [2.24, 2.45) is 11.8 Å². The molecule has 5 rings (SSSR count). The minimum Gasteiger partial charge on any atom is -0.491 e. The molecule has 0 heterocycles. The molecule has 1 saturated carbocycles. The Labute approximate surface area is 253 Å². The Morgan fingerprint density at radius 1 is 0.591 bits per heavy atom. The van der Waals surface area contributed by atoms with Crippen LogP contribution in [0.3, 0.4) is 0 Å². The predicted molar refractivity (Wildman–Crippen MR) is 156 cm³/mol. The Kier molecular flexibility index (Phi) is 10.2. The van der Waals surface area contributed by atoms with Crippen molar-refractivity contribution in [2.75, 3.05) is 13.2 Å². The highest BCUT2D eigenvalue weighted by atomic mass is 19.2. The van der Waals surface area contributed by atoms with Crippen LogP contribution in [0.25, 0.3) is 16.7 Å². The van der Waals surface area contributed by atoms with Crippen LogP contribution < -0.4 is 9.47 Å². The summed E-state index contributed by atoms with van der Waals surface area (Å²) in [4.78, 5) is 0. The van der Waals surface area contributed by atoms with Crippen LogP contribution in [0.2, 0.25) is 0 Å². The van der Waals surface area contributed by atoms with Crippen molar-refractivity contribution in [3.05, 3.63) is 88.5 Å². The van der Waals surface area contributed by atoms with Crippen LogP contribution in [0.1, 0.15) is 69.9 Å². The van der Waals surface area contributed by atoms with Gasteiger partial charge in [0.25, 0.3) is 0 Å². The second kappa shape index (κ2) is 14.1. The molecule has 1 unspecified atom stereocenters. The molecule has 236 valence electrons. The topological polar surface area (TPSA) is 27.7 Å². The molecule has 44 heavy (non-hydrogen) atoms. The highest BCUT2D eigenvalue weighted by molar-refractivity contribution is 5.68. The molecule has 0 aromatic heterocycles. The molecule has 0 aliphatic heterocycles. The van der Waals surface area contributed by atoms with Crippen LogP contribution in [0.4, 0.5) is 26.3 Å². The van der Waals surface area contributed by atoms with Gasteiger partial charge in [0.05, 0.1) is 25.9 Å². The number of rotatable bonds is 10. The van der Waals surface area contributed by atoms with Crippen molar-refractivity contribution in [3.63, 3.8) is 0 Å². The lowest BCUT2D eigenvalue weighted by molar-refractivity contribution is -0.000995. The van der Waals surface area contributed by atoms with E-state index in [1.54, 1.807) is 19.9 Å². The maximum Gasteiger partial charge on any atom is 0.201 e. The summed E-state index contributed by atoms with van der Waals surface area (Å²) >= 11 is 0. The number of halogens is 6. The molecule has 3 nitrogen and oxygen atoms in total. The van der Waals surface area contributed by atoms with Gasteiger partial charge in [0, 0.05) is 22.3 Å². The third kappa shape index (κ3) is 6.63. The average Bonchev–Trinajstić information content (AvgIpc) is 3.04. The van der Waals surface area contributed by atoms with Crippen molar-refractivity contribution in [3.8, 4) is 22.6 Å². The first-order valence-electron chi connectivity index (χ1n) is 15.2. The van der Waals surface area contributed by atoms with E-state index in [9.17, 15) is 26.3 Å². The van der Waals surface area contributed by atoms with Gasteiger partial charge in [-0.15, -0.1) is 0 Å². The van der Waals surface area contributed by atoms with Gasteiger partial charge in [-0.25, -0.2) is 17.6 Å². The molecule has 0 bridgehead atoms. The van der Waals surface area contributed by atoms with Crippen molar-refractivity contribution < 1.29 is 40.6 Å². The zero-order valence-electron chi connectivity index (χ0n) is 24.8. The van der Waals surface area contributed by atoms with Crippen LogP contribution >= 0.6 is 0 Å². The molecule has 2 aliphatic rings. The second-order valence-corrected chi connectivity index (χ2v) is 11.4. The van der Waals surface area contributed by atoms with E-state index in [4.69, 9.17) is 14.2 Å². The van der Waals surface area contributed by atoms with Crippen LogP contribution in [0.15, 0.2) is 42.5 Å². The van der Waals surface area contributed by atoms with E-state index < -0.39 is 40.5 Å². The highest BCUT2D eigenvalue weighted by Crippen LogP contribution is 2.42. The van der Waals surface area contributed by atoms with Crippen molar-refractivity contribution in [1.82, 2.24) is 0 Å². The van der Waals surface area contributed by atoms with Crippen molar-refractivity contribution in [1.29, 1.82) is 0 Å². The van der Waals surface area contributed by atoms with Gasteiger partial charge in [-0.05, 0) is 100 Å². The maximum absolute atomic E-state index is 15.0. The number of ether oxygens (including phenoxy) is 3. The van der Waals surface area contributed by atoms with Crippen molar-refractivity contribution in [2.45, 2.75) is 71.5 Å². The van der Waals surface area contributed by atoms with E-state index in [0.29, 0.717) is 18.3 Å². The molecule has 9 heteroatoms. The molecule has 0 N–H and O–H groups in total. The maximum atomic E-state index is 15.0. The Morgan fingerprint density at radius 2 is 1.14 bits per heavy atom. The van der Waals surface area contributed by atoms with Crippen molar-refractivity contribution >= 4 is 5.57 Å². The molecule has 0 radical (unpaired) electrons. The lowest BCUT2D eigenvalue weighted by Gasteiger charge is -2.35. The van der Waals surface area contributed by atoms with Gasteiger partial charge in [-0.1, -0.05) is 18.2 Å². The fraction of sp³-hybridized carbons (Fsp3) is 0.429. The smallest absolute Gasteiger partial charge is 0.201 e. The first-order valence-corrected chi connectivity index (χ1v) is 15.2. The van der Waals surface area contributed by atoms with E-state index in [1.165, 1.54) is 24.3 Å². The van der Waals surface area contributed by atoms with Gasteiger partial charge < -0.3 is 14.2 Å². The van der Waals surface area contributed by atoms with Crippen LogP contribution in [-0.2, 0) is 11.3 Å². The molecule has 3 aromatic rings. The zero-order chi connectivity index (χ0) is 31.4. The first-order chi connectivity index (χ1) is 21.2. The third-order valence-corrected chi connectivity index (χ3v) is 8.80. The summed E-state index contributed by atoms with van der Waals surface area (Å²) < 4.78 is 104. The van der Waals surface area contributed by atoms with E-state index in [0.717, 1.165) is 50.2 Å². The van der Waals surface area contributed by atoms with Gasteiger partial charge in [0.2, 0.25) is 11.6 Å². The Hall–Kier alpha value is -3.46. The normalized spacial score (nSPS) is 20.4. The Bertz CT molecular complexity index is 1510.